The van der Waals surface area contributed by atoms with Crippen molar-refractivity contribution in [1.29, 1.82) is 5.26 Å². The van der Waals surface area contributed by atoms with Crippen LogP contribution >= 0.6 is 11.6 Å². The highest BCUT2D eigenvalue weighted by atomic mass is 35.5. The van der Waals surface area contributed by atoms with E-state index in [0.717, 1.165) is 5.56 Å². The molecule has 2 atom stereocenters. The van der Waals surface area contributed by atoms with Crippen LogP contribution in [0.2, 0.25) is 5.02 Å². The van der Waals surface area contributed by atoms with Crippen LogP contribution in [0.5, 0.6) is 11.6 Å². The topological polar surface area (TPSA) is 72.2 Å². The lowest BCUT2D eigenvalue weighted by atomic mass is 9.88. The molecule has 1 aromatic heterocycles. The molecule has 0 N–H and O–H groups in total. The molecule has 0 bridgehead atoms. The molecule has 0 radical (unpaired) electrons. The number of carbonyl (C=O) groups excluding carboxylic acids is 1. The van der Waals surface area contributed by atoms with Crippen LogP contribution in [0.4, 0.5) is 0 Å². The van der Waals surface area contributed by atoms with Crippen LogP contribution in [0.25, 0.3) is 0 Å². The van der Waals surface area contributed by atoms with Crippen LogP contribution in [0.15, 0.2) is 72.8 Å². The van der Waals surface area contributed by atoms with E-state index in [9.17, 15) is 10.1 Å². The molecule has 3 rings (SSSR count). The minimum Gasteiger partial charge on any atom is -0.440 e. The quantitative estimate of drug-likeness (QED) is 0.433. The Balaban J connectivity index is 1.78. The van der Waals surface area contributed by atoms with Gasteiger partial charge in [0.2, 0.25) is 12.0 Å². The molecule has 0 amide bonds. The molecule has 0 saturated carbocycles. The summed E-state index contributed by atoms with van der Waals surface area (Å²) in [6.07, 6.45) is -1.15. The number of carbonyl (C=O) groups is 1. The van der Waals surface area contributed by atoms with Gasteiger partial charge in [0.05, 0.1) is 11.6 Å². The van der Waals surface area contributed by atoms with E-state index in [1.807, 2.05) is 38.1 Å². The second-order valence-electron chi connectivity index (χ2n) is 7.04. The van der Waals surface area contributed by atoms with E-state index < -0.39 is 18.0 Å². The summed E-state index contributed by atoms with van der Waals surface area (Å²) in [5, 5.41) is 10.2. The van der Waals surface area contributed by atoms with Crippen LogP contribution in [-0.4, -0.2) is 11.0 Å². The number of benzene rings is 2. The van der Waals surface area contributed by atoms with E-state index in [0.29, 0.717) is 22.3 Å². The Kier molecular flexibility index (Phi) is 7.05. The molecule has 0 aliphatic heterocycles. The highest BCUT2D eigenvalue weighted by Crippen LogP contribution is 2.30. The lowest BCUT2D eigenvalue weighted by Gasteiger charge is -2.21. The number of rotatable bonds is 7. The molecule has 2 aromatic carbocycles. The number of halogens is 1. The maximum atomic E-state index is 12.9. The molecular formula is C24H21ClN2O3. The van der Waals surface area contributed by atoms with Crippen LogP contribution in [0.1, 0.15) is 37.1 Å². The van der Waals surface area contributed by atoms with Crippen molar-refractivity contribution in [2.24, 2.45) is 5.92 Å². The number of nitriles is 1. The minimum absolute atomic E-state index is 0.0290. The first-order valence-electron chi connectivity index (χ1n) is 9.53. The SMILES string of the molecule is CC(C)[C@@H](C(=O)O[C@H](C#N)c1cccc(Oc2ccccc2)n1)c1ccc(Cl)cc1. The number of hydrogen-bond acceptors (Lipinski definition) is 5. The molecule has 0 unspecified atom stereocenters. The van der Waals surface area contributed by atoms with Crippen molar-refractivity contribution >= 4 is 17.6 Å². The van der Waals surface area contributed by atoms with Crippen molar-refractivity contribution in [3.05, 3.63) is 89.1 Å². The van der Waals surface area contributed by atoms with Gasteiger partial charge in [-0.2, -0.15) is 5.26 Å². The van der Waals surface area contributed by atoms with E-state index in [1.165, 1.54) is 0 Å². The Labute approximate surface area is 180 Å². The summed E-state index contributed by atoms with van der Waals surface area (Å²) in [6.45, 7) is 3.85. The van der Waals surface area contributed by atoms with Gasteiger partial charge >= 0.3 is 5.97 Å². The highest BCUT2D eigenvalue weighted by Gasteiger charge is 2.29. The first-order chi connectivity index (χ1) is 14.5. The number of nitrogens with zero attached hydrogens (tertiary/aromatic N) is 2. The zero-order valence-corrected chi connectivity index (χ0v) is 17.4. The zero-order chi connectivity index (χ0) is 21.5. The van der Waals surface area contributed by atoms with E-state index in [1.54, 1.807) is 54.6 Å². The smallest absolute Gasteiger partial charge is 0.315 e. The molecule has 152 valence electrons. The Morgan fingerprint density at radius 3 is 2.33 bits per heavy atom. The summed E-state index contributed by atoms with van der Waals surface area (Å²) in [6, 6.07) is 23.3. The standard InChI is InChI=1S/C24H21ClN2O3/c1-16(2)23(17-11-13-18(25)14-12-17)24(28)30-21(15-26)20-9-6-10-22(27-20)29-19-7-4-3-5-8-19/h3-14,16,21,23H,1-2H3/t21-,23-/m1/s1. The van der Waals surface area contributed by atoms with Gasteiger partial charge in [-0.3, -0.25) is 4.79 Å². The molecule has 1 heterocycles. The number of aromatic nitrogens is 1. The van der Waals surface area contributed by atoms with Crippen LogP contribution < -0.4 is 4.74 Å². The van der Waals surface area contributed by atoms with Gasteiger partial charge in [-0.15, -0.1) is 0 Å². The summed E-state index contributed by atoms with van der Waals surface area (Å²) < 4.78 is 11.3. The molecule has 0 fully saturated rings. The van der Waals surface area contributed by atoms with Crippen LogP contribution in [-0.2, 0) is 9.53 Å². The monoisotopic (exact) mass is 420 g/mol. The molecular weight excluding hydrogens is 400 g/mol. The van der Waals surface area contributed by atoms with Crippen molar-refractivity contribution in [2.75, 3.05) is 0 Å². The van der Waals surface area contributed by atoms with Gasteiger partial charge in [0, 0.05) is 11.1 Å². The van der Waals surface area contributed by atoms with Crippen molar-refractivity contribution < 1.29 is 14.3 Å². The minimum atomic E-state index is -1.15. The van der Waals surface area contributed by atoms with Crippen LogP contribution in [0, 0.1) is 17.2 Å². The Bertz CT molecular complexity index is 1030. The van der Waals surface area contributed by atoms with Crippen molar-refractivity contribution in [3.63, 3.8) is 0 Å². The Hall–Kier alpha value is -3.36. The summed E-state index contributed by atoms with van der Waals surface area (Å²) in [5.74, 6) is -0.112. The predicted molar refractivity (Wildman–Crippen MR) is 114 cm³/mol. The molecule has 0 saturated heterocycles. The molecule has 0 aliphatic carbocycles. The summed E-state index contributed by atoms with van der Waals surface area (Å²) in [7, 11) is 0. The highest BCUT2D eigenvalue weighted by molar-refractivity contribution is 6.30. The lowest BCUT2D eigenvalue weighted by Crippen LogP contribution is -2.23. The van der Waals surface area contributed by atoms with Crippen LogP contribution in [0.3, 0.4) is 0 Å². The molecule has 6 heteroatoms. The number of ether oxygens (including phenoxy) is 2. The molecule has 30 heavy (non-hydrogen) atoms. The van der Waals surface area contributed by atoms with E-state index in [-0.39, 0.29) is 5.92 Å². The first kappa shape index (κ1) is 21.4. The summed E-state index contributed by atoms with van der Waals surface area (Å²) in [5.41, 5.74) is 1.09. The van der Waals surface area contributed by atoms with Crippen molar-refractivity contribution in [3.8, 4) is 17.7 Å². The zero-order valence-electron chi connectivity index (χ0n) is 16.7. The predicted octanol–water partition coefficient (Wildman–Crippen LogP) is 6.07. The fourth-order valence-corrected chi connectivity index (χ4v) is 3.17. The number of hydrogen-bond donors (Lipinski definition) is 0. The Morgan fingerprint density at radius 1 is 1.00 bits per heavy atom. The number of esters is 1. The summed E-state index contributed by atoms with van der Waals surface area (Å²) >= 11 is 5.96. The third-order valence-electron chi connectivity index (χ3n) is 4.48. The fourth-order valence-electron chi connectivity index (χ4n) is 3.05. The maximum absolute atomic E-state index is 12.9. The van der Waals surface area contributed by atoms with Crippen molar-refractivity contribution in [1.82, 2.24) is 4.98 Å². The normalized spacial score (nSPS) is 12.6. The van der Waals surface area contributed by atoms with E-state index in [4.69, 9.17) is 21.1 Å². The van der Waals surface area contributed by atoms with E-state index in [2.05, 4.69) is 4.98 Å². The third kappa shape index (κ3) is 5.37. The second-order valence-corrected chi connectivity index (χ2v) is 7.47. The van der Waals surface area contributed by atoms with Gasteiger partial charge < -0.3 is 9.47 Å². The fraction of sp³-hybridized carbons (Fsp3) is 0.208. The molecule has 5 nitrogen and oxygen atoms in total. The molecule has 0 spiro atoms. The van der Waals surface area contributed by atoms with Gasteiger partial charge in [-0.05, 0) is 41.8 Å². The largest absolute Gasteiger partial charge is 0.440 e. The number of pyridine rings is 1. The van der Waals surface area contributed by atoms with Gasteiger partial charge in [0.1, 0.15) is 11.8 Å². The summed E-state index contributed by atoms with van der Waals surface area (Å²) in [4.78, 5) is 17.3. The van der Waals surface area contributed by atoms with Crippen molar-refractivity contribution in [2.45, 2.75) is 25.9 Å². The lowest BCUT2D eigenvalue weighted by molar-refractivity contribution is -0.150. The third-order valence-corrected chi connectivity index (χ3v) is 4.73. The van der Waals surface area contributed by atoms with Gasteiger partial charge in [-0.25, -0.2) is 4.98 Å². The van der Waals surface area contributed by atoms with Gasteiger partial charge in [-0.1, -0.05) is 61.8 Å². The van der Waals surface area contributed by atoms with E-state index >= 15 is 0 Å². The molecule has 0 aliphatic rings. The van der Waals surface area contributed by atoms with Gasteiger partial charge in [0.25, 0.3) is 0 Å². The van der Waals surface area contributed by atoms with Gasteiger partial charge in [0.15, 0.2) is 0 Å². The average molecular weight is 421 g/mol. The first-order valence-corrected chi connectivity index (χ1v) is 9.91. The average Bonchev–Trinajstić information content (AvgIpc) is 2.74. The Morgan fingerprint density at radius 2 is 1.70 bits per heavy atom. The maximum Gasteiger partial charge on any atom is 0.315 e. The molecule has 3 aromatic rings. The second kappa shape index (κ2) is 9.91. The number of para-hydroxylation sites is 1.